The number of aryl methyl sites for hydroxylation is 1. The van der Waals surface area contributed by atoms with Crippen molar-refractivity contribution in [1.29, 1.82) is 0 Å². The van der Waals surface area contributed by atoms with Crippen LogP contribution in [0.25, 0.3) is 10.9 Å². The molecule has 0 saturated carbocycles. The molecule has 0 spiro atoms. The summed E-state index contributed by atoms with van der Waals surface area (Å²) in [6.45, 7) is 3.92. The van der Waals surface area contributed by atoms with E-state index in [4.69, 9.17) is 4.74 Å². The highest BCUT2D eigenvalue weighted by molar-refractivity contribution is 8.00. The molecule has 0 aliphatic heterocycles. The Bertz CT molecular complexity index is 1000. The van der Waals surface area contributed by atoms with Crippen LogP contribution in [-0.2, 0) is 16.6 Å². The van der Waals surface area contributed by atoms with Gasteiger partial charge >= 0.3 is 5.97 Å². The molecule has 1 aromatic carbocycles. The Morgan fingerprint density at radius 2 is 2.00 bits per heavy atom. The van der Waals surface area contributed by atoms with Gasteiger partial charge in [-0.25, -0.2) is 9.78 Å². The van der Waals surface area contributed by atoms with Gasteiger partial charge in [-0.2, -0.15) is 5.10 Å². The maximum atomic E-state index is 12.8. The van der Waals surface area contributed by atoms with E-state index in [-0.39, 0.29) is 23.3 Å². The number of carbonyl (C=O) groups excluding carboxylic acids is 2. The average molecular weight is 398 g/mol. The van der Waals surface area contributed by atoms with Gasteiger partial charge < -0.3 is 10.1 Å². The number of hydrogen-bond donors (Lipinski definition) is 1. The number of ether oxygens (including phenoxy) is 1. The summed E-state index contributed by atoms with van der Waals surface area (Å²) in [6, 6.07) is 11.8. The van der Waals surface area contributed by atoms with Crippen LogP contribution >= 0.6 is 11.8 Å². The molecule has 0 bridgehead atoms. The molecule has 0 fully saturated rings. The lowest BCUT2D eigenvalue weighted by molar-refractivity contribution is -0.115. The number of carbonyl (C=O) groups is 2. The van der Waals surface area contributed by atoms with E-state index in [2.05, 4.69) is 15.4 Å². The predicted molar refractivity (Wildman–Crippen MR) is 109 cm³/mol. The van der Waals surface area contributed by atoms with Crippen LogP contribution < -0.4 is 5.32 Å². The lowest BCUT2D eigenvalue weighted by atomic mass is 10.2. The lowest BCUT2D eigenvalue weighted by Gasteiger charge is -2.15. The monoisotopic (exact) mass is 398 g/mol. The first-order valence-electron chi connectivity index (χ1n) is 9.05. The number of anilines is 1. The summed E-state index contributed by atoms with van der Waals surface area (Å²) in [5.41, 5.74) is 1.13. The van der Waals surface area contributed by atoms with Crippen LogP contribution in [0.4, 0.5) is 5.82 Å². The number of pyridine rings is 1. The Labute approximate surface area is 167 Å². The molecule has 7 nitrogen and oxygen atoms in total. The Morgan fingerprint density at radius 3 is 2.75 bits per heavy atom. The van der Waals surface area contributed by atoms with Gasteiger partial charge in [-0.15, -0.1) is 0 Å². The normalized spacial score (nSPS) is 12.0. The maximum absolute atomic E-state index is 12.8. The van der Waals surface area contributed by atoms with Crippen LogP contribution in [0.1, 0.15) is 30.6 Å². The number of nitrogens with one attached hydrogen (secondary N) is 1. The Hall–Kier alpha value is -2.87. The summed E-state index contributed by atoms with van der Waals surface area (Å²) in [5.74, 6) is -0.395. The van der Waals surface area contributed by atoms with Gasteiger partial charge in [-0.1, -0.05) is 43.0 Å². The molecule has 1 unspecified atom stereocenters. The molecule has 0 radical (unpaired) electrons. The zero-order valence-electron chi connectivity index (χ0n) is 16.0. The van der Waals surface area contributed by atoms with Crippen molar-refractivity contribution in [2.24, 2.45) is 7.05 Å². The van der Waals surface area contributed by atoms with E-state index in [1.807, 2.05) is 43.3 Å². The number of para-hydroxylation sites is 1. The SMILES string of the molecule is CCOC(=O)c1cnn(C)c1NC(=O)C(CC)Sc1ccc2ccccc2n1. The molecule has 8 heteroatoms. The molecule has 2 aromatic heterocycles. The third-order valence-electron chi connectivity index (χ3n) is 4.17. The predicted octanol–water partition coefficient (Wildman–Crippen LogP) is 3.65. The quantitative estimate of drug-likeness (QED) is 0.483. The number of esters is 1. The molecule has 0 aliphatic carbocycles. The molecule has 1 amide bonds. The smallest absolute Gasteiger partial charge is 0.343 e. The van der Waals surface area contributed by atoms with E-state index in [0.29, 0.717) is 12.2 Å². The zero-order valence-corrected chi connectivity index (χ0v) is 16.8. The van der Waals surface area contributed by atoms with Crippen LogP contribution in [0.5, 0.6) is 0 Å². The Balaban J connectivity index is 1.77. The van der Waals surface area contributed by atoms with Gasteiger partial charge in [0.25, 0.3) is 0 Å². The highest BCUT2D eigenvalue weighted by Crippen LogP contribution is 2.27. The molecule has 0 aliphatic rings. The van der Waals surface area contributed by atoms with Gasteiger partial charge in [-0.3, -0.25) is 9.48 Å². The van der Waals surface area contributed by atoms with Crippen LogP contribution in [0.3, 0.4) is 0 Å². The number of benzene rings is 1. The molecule has 0 saturated heterocycles. The molecule has 3 rings (SSSR count). The van der Waals surface area contributed by atoms with E-state index in [1.165, 1.54) is 22.6 Å². The van der Waals surface area contributed by atoms with Crippen molar-refractivity contribution in [3.63, 3.8) is 0 Å². The largest absolute Gasteiger partial charge is 0.462 e. The molecular formula is C20H22N4O3S. The number of rotatable bonds is 7. The molecule has 146 valence electrons. The van der Waals surface area contributed by atoms with E-state index >= 15 is 0 Å². The Kier molecular flexibility index (Phi) is 6.30. The zero-order chi connectivity index (χ0) is 20.1. The summed E-state index contributed by atoms with van der Waals surface area (Å²) in [4.78, 5) is 29.5. The fourth-order valence-corrected chi connectivity index (χ4v) is 3.64. The lowest BCUT2D eigenvalue weighted by Crippen LogP contribution is -2.27. The van der Waals surface area contributed by atoms with Crippen molar-refractivity contribution in [2.45, 2.75) is 30.5 Å². The average Bonchev–Trinajstić information content (AvgIpc) is 3.06. The van der Waals surface area contributed by atoms with Gasteiger partial charge in [-0.05, 0) is 25.5 Å². The number of amides is 1. The summed E-state index contributed by atoms with van der Waals surface area (Å²) in [6.07, 6.45) is 2.00. The first-order chi connectivity index (χ1) is 13.5. The minimum absolute atomic E-state index is 0.211. The standard InChI is InChI=1S/C20H22N4O3S/c1-4-16(28-17-11-10-13-8-6-7-9-15(13)22-17)19(25)23-18-14(12-21-24(18)3)20(26)27-5-2/h6-12,16H,4-5H2,1-3H3,(H,23,25). The third-order valence-corrected chi connectivity index (χ3v) is 5.48. The van der Waals surface area contributed by atoms with Gasteiger partial charge in [0.2, 0.25) is 5.91 Å². The summed E-state index contributed by atoms with van der Waals surface area (Å²) in [5, 5.41) is 8.34. The molecule has 28 heavy (non-hydrogen) atoms. The second kappa shape index (κ2) is 8.88. The Morgan fingerprint density at radius 1 is 1.21 bits per heavy atom. The van der Waals surface area contributed by atoms with Gasteiger partial charge in [0.15, 0.2) is 0 Å². The van der Waals surface area contributed by atoms with Crippen molar-refractivity contribution in [3.05, 3.63) is 48.2 Å². The van der Waals surface area contributed by atoms with E-state index in [1.54, 1.807) is 14.0 Å². The molecule has 3 aromatic rings. The van der Waals surface area contributed by atoms with Crippen molar-refractivity contribution < 1.29 is 14.3 Å². The van der Waals surface area contributed by atoms with Crippen LogP contribution in [-0.4, -0.2) is 38.5 Å². The van der Waals surface area contributed by atoms with Crippen LogP contribution in [0.15, 0.2) is 47.6 Å². The number of hydrogen-bond acceptors (Lipinski definition) is 6. The van der Waals surface area contributed by atoms with Gasteiger partial charge in [0.05, 0.1) is 28.6 Å². The minimum Gasteiger partial charge on any atom is -0.462 e. The van der Waals surface area contributed by atoms with Crippen LogP contribution in [0.2, 0.25) is 0 Å². The van der Waals surface area contributed by atoms with E-state index in [9.17, 15) is 9.59 Å². The minimum atomic E-state index is -0.511. The summed E-state index contributed by atoms with van der Waals surface area (Å²) >= 11 is 1.39. The fourth-order valence-electron chi connectivity index (χ4n) is 2.72. The fraction of sp³-hybridized carbons (Fsp3) is 0.300. The topological polar surface area (TPSA) is 86.1 Å². The molecular weight excluding hydrogens is 376 g/mol. The number of fused-ring (bicyclic) bond motifs is 1. The summed E-state index contributed by atoms with van der Waals surface area (Å²) in [7, 11) is 1.66. The highest BCUT2D eigenvalue weighted by Gasteiger charge is 2.24. The molecule has 2 heterocycles. The van der Waals surface area contributed by atoms with Crippen molar-refractivity contribution in [3.8, 4) is 0 Å². The van der Waals surface area contributed by atoms with Crippen molar-refractivity contribution in [2.75, 3.05) is 11.9 Å². The maximum Gasteiger partial charge on any atom is 0.343 e. The number of aromatic nitrogens is 3. The van der Waals surface area contributed by atoms with Crippen molar-refractivity contribution >= 4 is 40.4 Å². The van der Waals surface area contributed by atoms with Crippen LogP contribution in [0, 0.1) is 0 Å². The summed E-state index contributed by atoms with van der Waals surface area (Å²) < 4.78 is 6.48. The van der Waals surface area contributed by atoms with E-state index in [0.717, 1.165) is 15.9 Å². The molecule has 1 N–H and O–H groups in total. The number of nitrogens with zero attached hydrogens (tertiary/aromatic N) is 3. The van der Waals surface area contributed by atoms with Gasteiger partial charge in [0, 0.05) is 12.4 Å². The highest BCUT2D eigenvalue weighted by atomic mass is 32.2. The first-order valence-corrected chi connectivity index (χ1v) is 9.93. The second-order valence-corrected chi connectivity index (χ2v) is 7.32. The third kappa shape index (κ3) is 4.33. The van der Waals surface area contributed by atoms with Crippen molar-refractivity contribution in [1.82, 2.24) is 14.8 Å². The first kappa shape index (κ1) is 19.9. The van der Waals surface area contributed by atoms with E-state index < -0.39 is 5.97 Å². The second-order valence-electron chi connectivity index (χ2n) is 6.10. The molecule has 1 atom stereocenters. The number of thioether (sulfide) groups is 1. The van der Waals surface area contributed by atoms with Gasteiger partial charge in [0.1, 0.15) is 11.4 Å².